The molecule has 3 aromatic rings. The van der Waals surface area contributed by atoms with Crippen molar-refractivity contribution in [3.05, 3.63) is 107 Å². The van der Waals surface area contributed by atoms with Crippen molar-refractivity contribution >= 4 is 11.8 Å². The number of rotatable bonds is 9. The maximum Gasteiger partial charge on any atom is 0.243 e. The van der Waals surface area contributed by atoms with Gasteiger partial charge >= 0.3 is 0 Å². The Morgan fingerprint density at radius 1 is 0.938 bits per heavy atom. The summed E-state index contributed by atoms with van der Waals surface area (Å²) in [6.07, 6.45) is 0.269. The average Bonchev–Trinajstić information content (AvgIpc) is 2.78. The lowest BCUT2D eigenvalue weighted by atomic mass is 10.0. The van der Waals surface area contributed by atoms with E-state index >= 15 is 0 Å². The number of nitrogens with one attached hydrogen (secondary N) is 1. The highest BCUT2D eigenvalue weighted by atomic mass is 19.1. The summed E-state index contributed by atoms with van der Waals surface area (Å²) in [5.41, 5.74) is 3.27. The minimum absolute atomic E-state index is 0.108. The zero-order chi connectivity index (χ0) is 22.9. The van der Waals surface area contributed by atoms with Crippen LogP contribution >= 0.6 is 0 Å². The standard InChI is InChI=1S/C27H29FN2O2/c1-3-29-27(32)25(17-21-11-5-4-6-12-21)30(19-22-13-9-10-20(2)16-22)26(31)18-23-14-7-8-15-24(23)28/h4-16,25H,3,17-19H2,1-2H3,(H,29,32)/t25-/m0/s1. The van der Waals surface area contributed by atoms with Crippen LogP contribution in [0.5, 0.6) is 0 Å². The molecule has 0 saturated heterocycles. The van der Waals surface area contributed by atoms with Gasteiger partial charge in [-0.1, -0.05) is 78.4 Å². The minimum Gasteiger partial charge on any atom is -0.355 e. The van der Waals surface area contributed by atoms with Crippen molar-refractivity contribution < 1.29 is 14.0 Å². The molecule has 3 rings (SSSR count). The third-order valence-corrected chi connectivity index (χ3v) is 5.36. The number of benzene rings is 3. The van der Waals surface area contributed by atoms with E-state index in [0.717, 1.165) is 16.7 Å². The van der Waals surface area contributed by atoms with E-state index in [4.69, 9.17) is 0 Å². The first kappa shape index (κ1) is 23.2. The molecule has 0 fully saturated rings. The SMILES string of the molecule is CCNC(=O)[C@H](Cc1ccccc1)N(Cc1cccc(C)c1)C(=O)Cc1ccccc1F. The summed E-state index contributed by atoms with van der Waals surface area (Å²) in [4.78, 5) is 28.1. The second kappa shape index (κ2) is 11.2. The molecule has 0 radical (unpaired) electrons. The van der Waals surface area contributed by atoms with Gasteiger partial charge in [-0.3, -0.25) is 9.59 Å². The van der Waals surface area contributed by atoms with E-state index < -0.39 is 11.9 Å². The Labute approximate surface area is 189 Å². The summed E-state index contributed by atoms with van der Waals surface area (Å²) in [5, 5.41) is 2.87. The number of carbonyl (C=O) groups is 2. The second-order valence-electron chi connectivity index (χ2n) is 7.88. The number of aryl methyl sites for hydroxylation is 1. The van der Waals surface area contributed by atoms with Gasteiger partial charge in [-0.15, -0.1) is 0 Å². The van der Waals surface area contributed by atoms with Gasteiger partial charge in [0.05, 0.1) is 6.42 Å². The van der Waals surface area contributed by atoms with Gasteiger partial charge in [-0.2, -0.15) is 0 Å². The maximum absolute atomic E-state index is 14.3. The molecule has 0 aliphatic heterocycles. The smallest absolute Gasteiger partial charge is 0.243 e. The summed E-state index contributed by atoms with van der Waals surface area (Å²) in [5.74, 6) is -0.927. The van der Waals surface area contributed by atoms with Gasteiger partial charge in [0.15, 0.2) is 0 Å². The van der Waals surface area contributed by atoms with Crippen LogP contribution < -0.4 is 5.32 Å². The minimum atomic E-state index is -0.711. The summed E-state index contributed by atoms with van der Waals surface area (Å²) >= 11 is 0. The average molecular weight is 433 g/mol. The number of amides is 2. The number of carbonyl (C=O) groups excluding carboxylic acids is 2. The van der Waals surface area contributed by atoms with Gasteiger partial charge in [0, 0.05) is 19.5 Å². The molecule has 1 atom stereocenters. The molecule has 0 aliphatic carbocycles. The Balaban J connectivity index is 1.96. The lowest BCUT2D eigenvalue weighted by Crippen LogP contribution is -2.51. The van der Waals surface area contributed by atoms with Crippen LogP contribution in [-0.2, 0) is 29.0 Å². The molecule has 0 saturated carbocycles. The quantitative estimate of drug-likeness (QED) is 0.543. The number of halogens is 1. The number of hydrogen-bond acceptors (Lipinski definition) is 2. The first-order chi connectivity index (χ1) is 15.5. The zero-order valence-electron chi connectivity index (χ0n) is 18.6. The van der Waals surface area contributed by atoms with Crippen molar-refractivity contribution in [2.24, 2.45) is 0 Å². The molecule has 0 aromatic heterocycles. The molecule has 2 amide bonds. The van der Waals surface area contributed by atoms with Crippen LogP contribution in [0.25, 0.3) is 0 Å². The maximum atomic E-state index is 14.3. The van der Waals surface area contributed by atoms with Crippen molar-refractivity contribution in [2.45, 2.75) is 39.3 Å². The van der Waals surface area contributed by atoms with Crippen molar-refractivity contribution in [2.75, 3.05) is 6.54 Å². The normalized spacial score (nSPS) is 11.6. The largest absolute Gasteiger partial charge is 0.355 e. The number of likely N-dealkylation sites (N-methyl/N-ethyl adjacent to an activating group) is 1. The molecular formula is C27H29FN2O2. The first-order valence-electron chi connectivity index (χ1n) is 10.9. The van der Waals surface area contributed by atoms with E-state index in [-0.39, 0.29) is 24.8 Å². The van der Waals surface area contributed by atoms with Crippen molar-refractivity contribution in [3.63, 3.8) is 0 Å². The predicted octanol–water partition coefficient (Wildman–Crippen LogP) is 4.45. The number of hydrogen-bond donors (Lipinski definition) is 1. The molecule has 0 aliphatic rings. The van der Waals surface area contributed by atoms with Crippen LogP contribution in [0.15, 0.2) is 78.9 Å². The van der Waals surface area contributed by atoms with Crippen molar-refractivity contribution in [1.82, 2.24) is 10.2 Å². The molecule has 0 heterocycles. The highest BCUT2D eigenvalue weighted by molar-refractivity contribution is 5.88. The summed E-state index contributed by atoms with van der Waals surface area (Å²) in [6.45, 7) is 4.57. The summed E-state index contributed by atoms with van der Waals surface area (Å²) in [7, 11) is 0. The van der Waals surface area contributed by atoms with E-state index in [0.29, 0.717) is 18.5 Å². The highest BCUT2D eigenvalue weighted by Crippen LogP contribution is 2.18. The lowest BCUT2D eigenvalue weighted by molar-refractivity contribution is -0.140. The van der Waals surface area contributed by atoms with E-state index in [2.05, 4.69) is 5.32 Å². The topological polar surface area (TPSA) is 49.4 Å². The molecule has 0 bridgehead atoms. The Hall–Kier alpha value is -3.47. The molecular weight excluding hydrogens is 403 g/mol. The summed E-state index contributed by atoms with van der Waals surface area (Å²) in [6, 6.07) is 23.0. The van der Waals surface area contributed by atoms with E-state index in [1.165, 1.54) is 6.07 Å². The Morgan fingerprint density at radius 2 is 1.62 bits per heavy atom. The fourth-order valence-corrected chi connectivity index (χ4v) is 3.76. The van der Waals surface area contributed by atoms with Gasteiger partial charge in [0.2, 0.25) is 11.8 Å². The Morgan fingerprint density at radius 3 is 2.31 bits per heavy atom. The third kappa shape index (κ3) is 6.27. The van der Waals surface area contributed by atoms with Gasteiger partial charge in [-0.25, -0.2) is 4.39 Å². The lowest BCUT2D eigenvalue weighted by Gasteiger charge is -2.31. The van der Waals surface area contributed by atoms with Crippen LogP contribution in [0.3, 0.4) is 0 Å². The fourth-order valence-electron chi connectivity index (χ4n) is 3.76. The van der Waals surface area contributed by atoms with Gasteiger partial charge in [0.1, 0.15) is 11.9 Å². The van der Waals surface area contributed by atoms with E-state index in [1.54, 1.807) is 23.1 Å². The first-order valence-corrected chi connectivity index (χ1v) is 10.9. The van der Waals surface area contributed by atoms with Crippen LogP contribution in [-0.4, -0.2) is 29.3 Å². The van der Waals surface area contributed by atoms with Crippen molar-refractivity contribution in [3.8, 4) is 0 Å². The van der Waals surface area contributed by atoms with Gasteiger partial charge < -0.3 is 10.2 Å². The molecule has 5 heteroatoms. The zero-order valence-corrected chi connectivity index (χ0v) is 18.6. The molecule has 1 N–H and O–H groups in total. The number of nitrogens with zero attached hydrogens (tertiary/aromatic N) is 1. The predicted molar refractivity (Wildman–Crippen MR) is 124 cm³/mol. The van der Waals surface area contributed by atoms with Crippen LogP contribution in [0.2, 0.25) is 0 Å². The Kier molecular flexibility index (Phi) is 8.14. The monoisotopic (exact) mass is 432 g/mol. The molecule has 0 spiro atoms. The van der Waals surface area contributed by atoms with E-state index in [9.17, 15) is 14.0 Å². The fraction of sp³-hybridized carbons (Fsp3) is 0.259. The summed E-state index contributed by atoms with van der Waals surface area (Å²) < 4.78 is 14.3. The molecule has 166 valence electrons. The van der Waals surface area contributed by atoms with Gasteiger partial charge in [-0.05, 0) is 36.6 Å². The van der Waals surface area contributed by atoms with E-state index in [1.807, 2.05) is 68.4 Å². The molecule has 3 aromatic carbocycles. The van der Waals surface area contributed by atoms with Gasteiger partial charge in [0.25, 0.3) is 0 Å². The second-order valence-corrected chi connectivity index (χ2v) is 7.88. The van der Waals surface area contributed by atoms with Crippen LogP contribution in [0.4, 0.5) is 4.39 Å². The van der Waals surface area contributed by atoms with Crippen LogP contribution in [0.1, 0.15) is 29.2 Å². The molecule has 32 heavy (non-hydrogen) atoms. The molecule has 0 unspecified atom stereocenters. The van der Waals surface area contributed by atoms with Crippen molar-refractivity contribution in [1.29, 1.82) is 0 Å². The third-order valence-electron chi connectivity index (χ3n) is 5.36. The Bertz CT molecular complexity index is 1050. The van der Waals surface area contributed by atoms with Crippen LogP contribution in [0, 0.1) is 12.7 Å². The highest BCUT2D eigenvalue weighted by Gasteiger charge is 2.30. The molecule has 4 nitrogen and oxygen atoms in total.